The SMILES string of the molecule is CC(C)Oc1ccc(CN=C(N)N(C)C2CC2)cn1. The number of hydrogen-bond acceptors (Lipinski definition) is 3. The predicted molar refractivity (Wildman–Crippen MR) is 76.1 cm³/mol. The summed E-state index contributed by atoms with van der Waals surface area (Å²) in [4.78, 5) is 10.7. The van der Waals surface area contributed by atoms with Crippen LogP contribution in [0.25, 0.3) is 0 Å². The van der Waals surface area contributed by atoms with Gasteiger partial charge in [0, 0.05) is 25.4 Å². The maximum Gasteiger partial charge on any atom is 0.213 e. The fourth-order valence-corrected chi connectivity index (χ4v) is 1.75. The number of aliphatic imine (C=N–C) groups is 1. The average Bonchev–Trinajstić information content (AvgIpc) is 3.20. The van der Waals surface area contributed by atoms with Crippen molar-refractivity contribution in [2.75, 3.05) is 7.05 Å². The number of guanidine groups is 1. The lowest BCUT2D eigenvalue weighted by molar-refractivity contribution is 0.232. The summed E-state index contributed by atoms with van der Waals surface area (Å²) in [6, 6.07) is 4.42. The van der Waals surface area contributed by atoms with Gasteiger partial charge in [-0.1, -0.05) is 6.07 Å². The summed E-state index contributed by atoms with van der Waals surface area (Å²) in [5.74, 6) is 1.25. The molecule has 0 aromatic carbocycles. The Morgan fingerprint density at radius 3 is 2.79 bits per heavy atom. The second kappa shape index (κ2) is 5.91. The van der Waals surface area contributed by atoms with Gasteiger partial charge in [0.25, 0.3) is 0 Å². The molecule has 1 fully saturated rings. The monoisotopic (exact) mass is 262 g/mol. The molecule has 0 unspecified atom stereocenters. The number of nitrogens with zero attached hydrogens (tertiary/aromatic N) is 3. The van der Waals surface area contributed by atoms with Gasteiger partial charge in [-0.3, -0.25) is 0 Å². The van der Waals surface area contributed by atoms with Gasteiger partial charge in [0.2, 0.25) is 5.88 Å². The smallest absolute Gasteiger partial charge is 0.213 e. The van der Waals surface area contributed by atoms with Crippen molar-refractivity contribution in [1.82, 2.24) is 9.88 Å². The third kappa shape index (κ3) is 4.12. The summed E-state index contributed by atoms with van der Waals surface area (Å²) < 4.78 is 5.49. The van der Waals surface area contributed by atoms with Crippen molar-refractivity contribution >= 4 is 5.96 Å². The minimum atomic E-state index is 0.138. The fourth-order valence-electron chi connectivity index (χ4n) is 1.75. The highest BCUT2D eigenvalue weighted by atomic mass is 16.5. The zero-order valence-electron chi connectivity index (χ0n) is 11.8. The quantitative estimate of drug-likeness (QED) is 0.649. The van der Waals surface area contributed by atoms with Gasteiger partial charge in [0.15, 0.2) is 5.96 Å². The summed E-state index contributed by atoms with van der Waals surface area (Å²) in [6.07, 6.45) is 4.36. The van der Waals surface area contributed by atoms with E-state index < -0.39 is 0 Å². The van der Waals surface area contributed by atoms with Crippen molar-refractivity contribution in [2.24, 2.45) is 10.7 Å². The Morgan fingerprint density at radius 1 is 1.53 bits per heavy atom. The van der Waals surface area contributed by atoms with Crippen molar-refractivity contribution in [1.29, 1.82) is 0 Å². The van der Waals surface area contributed by atoms with E-state index in [1.807, 2.05) is 37.9 Å². The minimum Gasteiger partial charge on any atom is -0.475 e. The molecule has 0 saturated heterocycles. The maximum atomic E-state index is 5.93. The predicted octanol–water partition coefficient (Wildman–Crippen LogP) is 1.78. The van der Waals surface area contributed by atoms with Gasteiger partial charge >= 0.3 is 0 Å². The lowest BCUT2D eigenvalue weighted by Gasteiger charge is -2.16. The molecule has 2 N–H and O–H groups in total. The molecule has 0 spiro atoms. The third-order valence-electron chi connectivity index (χ3n) is 3.03. The molecule has 1 aromatic rings. The highest BCUT2D eigenvalue weighted by molar-refractivity contribution is 5.78. The van der Waals surface area contributed by atoms with Crippen molar-refractivity contribution in [3.63, 3.8) is 0 Å². The van der Waals surface area contributed by atoms with E-state index in [0.29, 0.717) is 24.4 Å². The van der Waals surface area contributed by atoms with Gasteiger partial charge in [0.1, 0.15) is 0 Å². The Labute approximate surface area is 114 Å². The van der Waals surface area contributed by atoms with E-state index in [-0.39, 0.29) is 6.10 Å². The van der Waals surface area contributed by atoms with E-state index >= 15 is 0 Å². The molecule has 0 atom stereocenters. The summed E-state index contributed by atoms with van der Waals surface area (Å²) in [7, 11) is 1.99. The standard InChI is InChI=1S/C14H22N4O/c1-10(2)19-13-7-4-11(8-16-13)9-17-14(15)18(3)12-5-6-12/h4,7-8,10,12H,5-6,9H2,1-3H3,(H2,15,17). The molecule has 5 nitrogen and oxygen atoms in total. The Kier molecular flexibility index (Phi) is 4.24. The van der Waals surface area contributed by atoms with E-state index in [2.05, 4.69) is 9.98 Å². The summed E-state index contributed by atoms with van der Waals surface area (Å²) >= 11 is 0. The van der Waals surface area contributed by atoms with Crippen LogP contribution < -0.4 is 10.5 Å². The van der Waals surface area contributed by atoms with E-state index in [1.54, 1.807) is 6.20 Å². The maximum absolute atomic E-state index is 5.93. The van der Waals surface area contributed by atoms with Crippen LogP contribution in [0.4, 0.5) is 0 Å². The molecule has 0 amide bonds. The van der Waals surface area contributed by atoms with Crippen molar-refractivity contribution in [3.05, 3.63) is 23.9 Å². The van der Waals surface area contributed by atoms with E-state index in [1.165, 1.54) is 12.8 Å². The first-order chi connectivity index (χ1) is 9.06. The summed E-state index contributed by atoms with van der Waals surface area (Å²) in [6.45, 7) is 4.51. The molecule has 0 radical (unpaired) electrons. The average molecular weight is 262 g/mol. The van der Waals surface area contributed by atoms with E-state index in [9.17, 15) is 0 Å². The zero-order valence-corrected chi connectivity index (χ0v) is 11.8. The number of ether oxygens (including phenoxy) is 1. The zero-order chi connectivity index (χ0) is 13.8. The molecule has 2 rings (SSSR count). The van der Waals surface area contributed by atoms with Gasteiger partial charge < -0.3 is 15.4 Å². The normalized spacial score (nSPS) is 15.7. The second-order valence-corrected chi connectivity index (χ2v) is 5.19. The first kappa shape index (κ1) is 13.6. The van der Waals surface area contributed by atoms with Crippen LogP contribution in [0.2, 0.25) is 0 Å². The molecular formula is C14H22N4O. The first-order valence-corrected chi connectivity index (χ1v) is 6.70. The highest BCUT2D eigenvalue weighted by Crippen LogP contribution is 2.24. The van der Waals surface area contributed by atoms with Crippen LogP contribution >= 0.6 is 0 Å². The molecule has 0 bridgehead atoms. The van der Waals surface area contributed by atoms with Gasteiger partial charge in [-0.25, -0.2) is 9.98 Å². The molecule has 1 heterocycles. The Morgan fingerprint density at radius 2 is 2.26 bits per heavy atom. The largest absolute Gasteiger partial charge is 0.475 e. The minimum absolute atomic E-state index is 0.138. The van der Waals surface area contributed by atoms with Crippen LogP contribution in [-0.2, 0) is 6.54 Å². The van der Waals surface area contributed by atoms with Crippen LogP contribution in [-0.4, -0.2) is 35.0 Å². The molecular weight excluding hydrogens is 240 g/mol. The van der Waals surface area contributed by atoms with Crippen LogP contribution in [0.5, 0.6) is 5.88 Å². The molecule has 104 valence electrons. The van der Waals surface area contributed by atoms with Crippen LogP contribution in [0.15, 0.2) is 23.3 Å². The number of pyridine rings is 1. The Balaban J connectivity index is 1.90. The third-order valence-corrected chi connectivity index (χ3v) is 3.03. The van der Waals surface area contributed by atoms with Crippen LogP contribution in [0.3, 0.4) is 0 Å². The summed E-state index contributed by atoms with van der Waals surface area (Å²) in [5.41, 5.74) is 6.96. The molecule has 19 heavy (non-hydrogen) atoms. The van der Waals surface area contributed by atoms with Crippen LogP contribution in [0.1, 0.15) is 32.3 Å². The Hall–Kier alpha value is -1.78. The van der Waals surface area contributed by atoms with Crippen molar-refractivity contribution in [3.8, 4) is 5.88 Å². The Bertz CT molecular complexity index is 437. The molecule has 1 saturated carbocycles. The summed E-state index contributed by atoms with van der Waals surface area (Å²) in [5, 5.41) is 0. The lowest BCUT2D eigenvalue weighted by Crippen LogP contribution is -2.35. The van der Waals surface area contributed by atoms with Crippen LogP contribution in [0, 0.1) is 0 Å². The first-order valence-electron chi connectivity index (χ1n) is 6.70. The van der Waals surface area contributed by atoms with Crippen molar-refractivity contribution < 1.29 is 4.74 Å². The van der Waals surface area contributed by atoms with Gasteiger partial charge in [-0.15, -0.1) is 0 Å². The van der Waals surface area contributed by atoms with Gasteiger partial charge in [-0.05, 0) is 32.3 Å². The topological polar surface area (TPSA) is 63.7 Å². The molecule has 0 aliphatic heterocycles. The molecule has 1 aliphatic carbocycles. The lowest BCUT2D eigenvalue weighted by atomic mass is 10.3. The van der Waals surface area contributed by atoms with E-state index in [0.717, 1.165) is 5.56 Å². The number of aromatic nitrogens is 1. The van der Waals surface area contributed by atoms with Gasteiger partial charge in [-0.2, -0.15) is 0 Å². The van der Waals surface area contributed by atoms with Crippen molar-refractivity contribution in [2.45, 2.75) is 45.4 Å². The molecule has 1 aliphatic rings. The number of hydrogen-bond donors (Lipinski definition) is 1. The molecule has 5 heteroatoms. The number of nitrogens with two attached hydrogens (primary N) is 1. The van der Waals surface area contributed by atoms with Gasteiger partial charge in [0.05, 0.1) is 12.6 Å². The number of rotatable bonds is 5. The second-order valence-electron chi connectivity index (χ2n) is 5.19. The fraction of sp³-hybridized carbons (Fsp3) is 0.571. The highest BCUT2D eigenvalue weighted by Gasteiger charge is 2.27. The molecule has 1 aromatic heterocycles. The van der Waals surface area contributed by atoms with E-state index in [4.69, 9.17) is 10.5 Å².